The molecule has 3 aromatic rings. The molecule has 0 unspecified atom stereocenters. The van der Waals surface area contributed by atoms with Crippen LogP contribution in [0.25, 0.3) is 10.8 Å². The molecule has 1 heterocycles. The minimum Gasteiger partial charge on any atom is -0.494 e. The number of halogens is 1. The van der Waals surface area contributed by atoms with Crippen molar-refractivity contribution in [2.24, 2.45) is 5.41 Å². The van der Waals surface area contributed by atoms with Crippen LogP contribution in [0.15, 0.2) is 54.6 Å². The van der Waals surface area contributed by atoms with Crippen molar-refractivity contribution < 1.29 is 37.0 Å². The molecule has 4 aliphatic rings. The van der Waals surface area contributed by atoms with Crippen molar-refractivity contribution in [3.63, 3.8) is 0 Å². The van der Waals surface area contributed by atoms with Gasteiger partial charge in [0.15, 0.2) is 5.82 Å². The van der Waals surface area contributed by atoms with Crippen LogP contribution in [0.4, 0.5) is 14.9 Å². The number of fused-ring (bicyclic) bond motifs is 1. The van der Waals surface area contributed by atoms with Gasteiger partial charge in [-0.2, -0.15) is 8.42 Å². The lowest BCUT2D eigenvalue weighted by Crippen LogP contribution is -2.74. The minimum absolute atomic E-state index is 0.00915. The van der Waals surface area contributed by atoms with Crippen LogP contribution >= 0.6 is 0 Å². The number of nitrogens with one attached hydrogen (secondary N) is 2. The van der Waals surface area contributed by atoms with Gasteiger partial charge < -0.3 is 19.9 Å². The van der Waals surface area contributed by atoms with Gasteiger partial charge in [0.25, 0.3) is 5.91 Å². The Morgan fingerprint density at radius 1 is 1.10 bits per heavy atom. The van der Waals surface area contributed by atoms with E-state index in [4.69, 9.17) is 14.6 Å². The van der Waals surface area contributed by atoms with Crippen LogP contribution in [-0.2, 0) is 21.6 Å². The first-order valence-electron chi connectivity index (χ1n) is 12.5. The number of hydrogen-bond donors (Lipinski definition) is 3. The van der Waals surface area contributed by atoms with Crippen LogP contribution in [0, 0.1) is 11.2 Å². The molecule has 4 fully saturated rings. The average molecular weight is 556 g/mol. The molecule has 204 valence electrons. The molecule has 1 saturated heterocycles. The van der Waals surface area contributed by atoms with Crippen molar-refractivity contribution in [3.8, 4) is 11.5 Å². The van der Waals surface area contributed by atoms with Crippen molar-refractivity contribution in [2.75, 3.05) is 17.5 Å². The summed E-state index contributed by atoms with van der Waals surface area (Å²) in [7, 11) is -4.29. The number of hydrogen-bond acceptors (Lipinski definition) is 6. The maximum atomic E-state index is 16.1. The molecule has 10 nitrogen and oxygen atoms in total. The molecule has 2 amide bonds. The zero-order valence-electron chi connectivity index (χ0n) is 20.8. The number of carbonyl (C=O) groups is 2. The molecule has 0 aromatic heterocycles. The molecule has 7 rings (SSSR count). The van der Waals surface area contributed by atoms with Crippen molar-refractivity contribution in [2.45, 2.75) is 37.8 Å². The van der Waals surface area contributed by atoms with Crippen LogP contribution < -0.4 is 23.8 Å². The summed E-state index contributed by atoms with van der Waals surface area (Å²) in [5, 5.41) is 12.1. The smallest absolute Gasteiger partial charge is 0.405 e. The van der Waals surface area contributed by atoms with Crippen LogP contribution in [0.2, 0.25) is 0 Å². The summed E-state index contributed by atoms with van der Waals surface area (Å²) in [6.45, 7) is -0.121. The zero-order chi connectivity index (χ0) is 27.4. The SMILES string of the molecule is O=C(O)NC12CC(CCOc3ccc4cc(OCc5ccccc5)c(N5CC(=O)NS5(=O)=O)c(F)c4c3)(C1)C2. The standard InChI is InChI=1S/C27H26FN3O7S/c28-23-20-11-19(37-9-8-26-14-27(15-26,16-26)29-25(33)34)7-6-18(20)10-21(38-13-17-4-2-1-3-5-17)24(23)31-12-22(32)30-39(31,35)36/h1-7,10-11,29H,8-9,12-16H2,(H,30,32)(H,33,34). The quantitative estimate of drug-likeness (QED) is 0.367. The lowest BCUT2D eigenvalue weighted by atomic mass is 9.38. The van der Waals surface area contributed by atoms with Crippen molar-refractivity contribution in [1.82, 2.24) is 10.0 Å². The number of nitrogens with zero attached hydrogens (tertiary/aromatic N) is 1. The van der Waals surface area contributed by atoms with Gasteiger partial charge in [-0.3, -0.25) is 4.79 Å². The predicted octanol–water partition coefficient (Wildman–Crippen LogP) is 3.70. The Morgan fingerprint density at radius 2 is 1.85 bits per heavy atom. The van der Waals surface area contributed by atoms with E-state index in [1.165, 1.54) is 6.07 Å². The highest BCUT2D eigenvalue weighted by molar-refractivity contribution is 7.92. The van der Waals surface area contributed by atoms with E-state index in [2.05, 4.69) is 5.32 Å². The Labute approximate surface area is 223 Å². The monoisotopic (exact) mass is 555 g/mol. The van der Waals surface area contributed by atoms with Gasteiger partial charge >= 0.3 is 16.3 Å². The third kappa shape index (κ3) is 4.58. The Hall–Kier alpha value is -4.06. The Morgan fingerprint density at radius 3 is 2.51 bits per heavy atom. The van der Waals surface area contributed by atoms with E-state index in [1.54, 1.807) is 18.2 Å². The van der Waals surface area contributed by atoms with Crippen LogP contribution in [0.3, 0.4) is 0 Å². The van der Waals surface area contributed by atoms with Crippen molar-refractivity contribution >= 4 is 38.7 Å². The highest BCUT2D eigenvalue weighted by atomic mass is 32.2. The van der Waals surface area contributed by atoms with E-state index in [1.807, 2.05) is 35.1 Å². The van der Waals surface area contributed by atoms with Gasteiger partial charge in [-0.15, -0.1) is 0 Å². The fourth-order valence-corrected chi connectivity index (χ4v) is 7.28. The van der Waals surface area contributed by atoms with Gasteiger partial charge in [0.1, 0.15) is 30.3 Å². The molecule has 0 spiro atoms. The number of rotatable bonds is 9. The fourth-order valence-electron chi connectivity index (χ4n) is 6.12. The Kier molecular flexibility index (Phi) is 5.83. The first-order chi connectivity index (χ1) is 18.6. The maximum Gasteiger partial charge on any atom is 0.405 e. The highest BCUT2D eigenvalue weighted by Crippen LogP contribution is 2.68. The first kappa shape index (κ1) is 25.2. The van der Waals surface area contributed by atoms with Gasteiger partial charge in [-0.25, -0.2) is 18.2 Å². The highest BCUT2D eigenvalue weighted by Gasteiger charge is 2.68. The third-order valence-electron chi connectivity index (χ3n) is 7.71. The zero-order valence-corrected chi connectivity index (χ0v) is 21.6. The van der Waals surface area contributed by atoms with Crippen LogP contribution in [0.5, 0.6) is 11.5 Å². The normalized spacial score (nSPS) is 24.4. The maximum absolute atomic E-state index is 16.1. The molecule has 3 aromatic carbocycles. The number of anilines is 1. The van der Waals surface area contributed by atoms with Gasteiger partial charge in [0, 0.05) is 10.9 Å². The number of ether oxygens (including phenoxy) is 2. The molecular weight excluding hydrogens is 529 g/mol. The van der Waals surface area contributed by atoms with Crippen molar-refractivity contribution in [3.05, 3.63) is 66.0 Å². The molecule has 2 bridgehead atoms. The Bertz CT molecular complexity index is 1580. The summed E-state index contributed by atoms with van der Waals surface area (Å²) in [5.41, 5.74) is 0.242. The van der Waals surface area contributed by atoms with Crippen LogP contribution in [-0.4, -0.2) is 44.2 Å². The second kappa shape index (κ2) is 9.01. The molecular formula is C27H26FN3O7S. The first-order valence-corrected chi connectivity index (χ1v) is 13.9. The molecule has 39 heavy (non-hydrogen) atoms. The molecule has 0 atom stereocenters. The second-order valence-corrected chi connectivity index (χ2v) is 12.2. The molecule has 3 N–H and O–H groups in total. The third-order valence-corrected chi connectivity index (χ3v) is 9.09. The van der Waals surface area contributed by atoms with E-state index >= 15 is 4.39 Å². The molecule has 12 heteroatoms. The largest absolute Gasteiger partial charge is 0.494 e. The van der Waals surface area contributed by atoms with E-state index in [9.17, 15) is 18.0 Å². The lowest BCUT2D eigenvalue weighted by Gasteiger charge is -2.70. The van der Waals surface area contributed by atoms with E-state index in [0.29, 0.717) is 22.0 Å². The Balaban J connectivity index is 1.24. The predicted molar refractivity (Wildman–Crippen MR) is 139 cm³/mol. The van der Waals surface area contributed by atoms with Crippen molar-refractivity contribution in [1.29, 1.82) is 0 Å². The van der Waals surface area contributed by atoms with Crippen LogP contribution in [0.1, 0.15) is 31.2 Å². The topological polar surface area (TPSA) is 134 Å². The van der Waals surface area contributed by atoms with E-state index < -0.39 is 34.6 Å². The molecule has 1 aliphatic heterocycles. The number of amides is 2. The number of carboxylic acid groups (broad SMARTS) is 1. The number of benzene rings is 3. The fraction of sp³-hybridized carbons (Fsp3) is 0.333. The summed E-state index contributed by atoms with van der Waals surface area (Å²) in [4.78, 5) is 22.8. The van der Waals surface area contributed by atoms with Gasteiger partial charge in [-0.05, 0) is 60.2 Å². The summed E-state index contributed by atoms with van der Waals surface area (Å²) >= 11 is 0. The van der Waals surface area contributed by atoms with E-state index in [0.717, 1.165) is 31.2 Å². The van der Waals surface area contributed by atoms with Gasteiger partial charge in [0.2, 0.25) is 0 Å². The van der Waals surface area contributed by atoms with Gasteiger partial charge in [0.05, 0.1) is 6.61 Å². The lowest BCUT2D eigenvalue weighted by molar-refractivity contribution is -0.157. The molecule has 3 aliphatic carbocycles. The van der Waals surface area contributed by atoms with Gasteiger partial charge in [-0.1, -0.05) is 36.4 Å². The minimum atomic E-state index is -4.29. The number of carbonyl (C=O) groups excluding carboxylic acids is 1. The summed E-state index contributed by atoms with van der Waals surface area (Å²) < 4.78 is 55.6. The second-order valence-electron chi connectivity index (χ2n) is 10.6. The average Bonchev–Trinajstić information content (AvgIpc) is 3.12. The molecule has 0 radical (unpaired) electrons. The van der Waals surface area contributed by atoms with E-state index in [-0.39, 0.29) is 34.4 Å². The summed E-state index contributed by atoms with van der Waals surface area (Å²) in [6, 6.07) is 15.6. The molecule has 3 saturated carbocycles. The summed E-state index contributed by atoms with van der Waals surface area (Å²) in [5.74, 6) is -1.21. The summed E-state index contributed by atoms with van der Waals surface area (Å²) in [6.07, 6.45) is 2.09.